The first-order chi connectivity index (χ1) is 11.2. The van der Waals surface area contributed by atoms with Crippen molar-refractivity contribution >= 4 is 12.5 Å². The van der Waals surface area contributed by atoms with E-state index in [-0.39, 0.29) is 0 Å². The topological polar surface area (TPSA) is 77.2 Å². The molecular formula is C18H36N2O3. The van der Waals surface area contributed by atoms with Gasteiger partial charge in [-0.3, -0.25) is 4.90 Å². The molecule has 5 nitrogen and oxygen atoms in total. The van der Waals surface area contributed by atoms with E-state index >= 15 is 0 Å². The van der Waals surface area contributed by atoms with Crippen molar-refractivity contribution in [3.8, 4) is 0 Å². The summed E-state index contributed by atoms with van der Waals surface area (Å²) in [4.78, 5) is 14.3. The summed E-state index contributed by atoms with van der Waals surface area (Å²) in [5, 5.41) is 15.3. The first-order valence-corrected chi connectivity index (χ1v) is 9.41. The zero-order chi connectivity index (χ0) is 17.2. The first kappa shape index (κ1) is 21.9. The third-order valence-corrected chi connectivity index (χ3v) is 4.19. The van der Waals surface area contributed by atoms with Crippen LogP contribution in [0.1, 0.15) is 84.0 Å². The molecule has 0 amide bonds. The number of aliphatic imine (C=N–C) groups is 1. The van der Waals surface area contributed by atoms with Gasteiger partial charge in [0, 0.05) is 0 Å². The number of nitrogens with zero attached hydrogens (tertiary/aromatic N) is 1. The van der Waals surface area contributed by atoms with Gasteiger partial charge in [-0.05, 0) is 12.8 Å². The molecule has 0 aliphatic carbocycles. The summed E-state index contributed by atoms with van der Waals surface area (Å²) >= 11 is 0. The van der Waals surface area contributed by atoms with Crippen molar-refractivity contribution in [3.05, 3.63) is 0 Å². The monoisotopic (exact) mass is 328 g/mol. The van der Waals surface area contributed by atoms with Gasteiger partial charge in [-0.1, -0.05) is 71.1 Å². The smallest absolute Gasteiger partial charge is 0.249 e. The van der Waals surface area contributed by atoms with E-state index in [1.54, 1.807) is 4.90 Å². The zero-order valence-corrected chi connectivity index (χ0v) is 14.9. The SMILES string of the molecule is CCCCCCCCCCCCCC[NH+]1C=NCC1.O=C([O-])O. The number of hydrogen-bond acceptors (Lipinski definition) is 3. The van der Waals surface area contributed by atoms with E-state index in [4.69, 9.17) is 15.0 Å². The molecule has 0 saturated heterocycles. The largest absolute Gasteiger partial charge is 0.565 e. The van der Waals surface area contributed by atoms with Gasteiger partial charge >= 0.3 is 0 Å². The highest BCUT2D eigenvalue weighted by Gasteiger charge is 2.08. The minimum absolute atomic E-state index is 1.05. The van der Waals surface area contributed by atoms with Gasteiger partial charge in [0.15, 0.2) is 6.34 Å². The van der Waals surface area contributed by atoms with Crippen LogP contribution in [0, 0.1) is 0 Å². The molecule has 0 saturated carbocycles. The molecule has 1 heterocycles. The molecular weight excluding hydrogens is 292 g/mol. The lowest BCUT2D eigenvalue weighted by atomic mass is 10.1. The minimum Gasteiger partial charge on any atom is -0.565 e. The predicted molar refractivity (Wildman–Crippen MR) is 93.2 cm³/mol. The summed E-state index contributed by atoms with van der Waals surface area (Å²) in [5.41, 5.74) is 0. The number of carbonyl (C=O) groups is 1. The van der Waals surface area contributed by atoms with Gasteiger partial charge in [-0.25, -0.2) is 4.99 Å². The molecule has 0 spiro atoms. The Labute approximate surface area is 141 Å². The Bertz CT molecular complexity index is 292. The second kappa shape index (κ2) is 17.3. The van der Waals surface area contributed by atoms with Crippen molar-refractivity contribution in [1.82, 2.24) is 0 Å². The fraction of sp³-hybridized carbons (Fsp3) is 0.889. The van der Waals surface area contributed by atoms with Gasteiger partial charge in [0.05, 0.1) is 13.1 Å². The second-order valence-corrected chi connectivity index (χ2v) is 6.35. The van der Waals surface area contributed by atoms with Crippen LogP contribution < -0.4 is 10.0 Å². The predicted octanol–water partition coefficient (Wildman–Crippen LogP) is 2.50. The van der Waals surface area contributed by atoms with Gasteiger partial charge in [-0.2, -0.15) is 0 Å². The summed E-state index contributed by atoms with van der Waals surface area (Å²) in [6.07, 6.45) is 17.3. The molecule has 0 aromatic heterocycles. The molecule has 1 unspecified atom stereocenters. The molecule has 1 atom stereocenters. The van der Waals surface area contributed by atoms with Crippen LogP contribution in [0.25, 0.3) is 0 Å². The van der Waals surface area contributed by atoms with Crippen LogP contribution in [0.15, 0.2) is 4.99 Å². The summed E-state index contributed by atoms with van der Waals surface area (Å²) in [7, 11) is 0. The molecule has 0 radical (unpaired) electrons. The van der Waals surface area contributed by atoms with Crippen molar-refractivity contribution in [1.29, 1.82) is 0 Å². The molecule has 0 bridgehead atoms. The second-order valence-electron chi connectivity index (χ2n) is 6.35. The van der Waals surface area contributed by atoms with Gasteiger partial charge in [0.25, 0.3) is 0 Å². The maximum absolute atomic E-state index is 8.44. The highest BCUT2D eigenvalue weighted by Crippen LogP contribution is 2.11. The number of quaternary nitrogens is 1. The Kier molecular flexibility index (Phi) is 16.4. The van der Waals surface area contributed by atoms with Gasteiger partial charge < -0.3 is 15.0 Å². The molecule has 0 aromatic carbocycles. The lowest BCUT2D eigenvalue weighted by Gasteiger charge is -2.07. The van der Waals surface area contributed by atoms with E-state index in [2.05, 4.69) is 18.3 Å². The number of nitrogens with one attached hydrogen (secondary N) is 1. The van der Waals surface area contributed by atoms with Crippen molar-refractivity contribution in [2.75, 3.05) is 19.6 Å². The zero-order valence-electron chi connectivity index (χ0n) is 14.9. The normalized spacial score (nSPS) is 16.1. The molecule has 1 rings (SSSR count). The summed E-state index contributed by atoms with van der Waals surface area (Å²) in [6.45, 7) is 5.88. The van der Waals surface area contributed by atoms with Crippen molar-refractivity contribution in [3.63, 3.8) is 0 Å². The molecule has 0 fully saturated rings. The van der Waals surface area contributed by atoms with Crippen molar-refractivity contribution in [2.45, 2.75) is 84.0 Å². The maximum Gasteiger partial charge on any atom is 0.249 e. The lowest BCUT2D eigenvalue weighted by molar-refractivity contribution is -0.791. The average molecular weight is 328 g/mol. The van der Waals surface area contributed by atoms with E-state index in [1.807, 2.05) is 0 Å². The molecule has 136 valence electrons. The van der Waals surface area contributed by atoms with E-state index < -0.39 is 6.16 Å². The third-order valence-electron chi connectivity index (χ3n) is 4.19. The van der Waals surface area contributed by atoms with E-state index in [0.717, 1.165) is 6.54 Å². The quantitative estimate of drug-likeness (QED) is 0.510. The Morgan fingerprint density at radius 3 is 1.83 bits per heavy atom. The number of carboxylic acid groups (broad SMARTS) is 2. The molecule has 2 N–H and O–H groups in total. The fourth-order valence-corrected chi connectivity index (χ4v) is 2.85. The summed E-state index contributed by atoms with van der Waals surface area (Å²) < 4.78 is 0. The Morgan fingerprint density at radius 1 is 1.00 bits per heavy atom. The molecule has 5 heteroatoms. The van der Waals surface area contributed by atoms with Gasteiger partial charge in [0.1, 0.15) is 6.54 Å². The fourth-order valence-electron chi connectivity index (χ4n) is 2.85. The van der Waals surface area contributed by atoms with Crippen LogP contribution in [0.5, 0.6) is 0 Å². The Balaban J connectivity index is 0.00000108. The first-order valence-electron chi connectivity index (χ1n) is 9.41. The number of unbranched alkanes of at least 4 members (excludes halogenated alkanes) is 11. The van der Waals surface area contributed by atoms with E-state index in [1.165, 1.54) is 90.1 Å². The summed E-state index contributed by atoms with van der Waals surface area (Å²) in [6, 6.07) is 0. The Morgan fingerprint density at radius 2 is 1.43 bits per heavy atom. The van der Waals surface area contributed by atoms with Crippen molar-refractivity contribution in [2.24, 2.45) is 4.99 Å². The van der Waals surface area contributed by atoms with Crippen LogP contribution in [-0.4, -0.2) is 37.2 Å². The van der Waals surface area contributed by atoms with Crippen molar-refractivity contribution < 1.29 is 19.9 Å². The average Bonchev–Trinajstić information content (AvgIpc) is 3.01. The standard InChI is InChI=1S/C17H34N2.CH2O3/c1-2-3-4-5-6-7-8-9-10-11-12-13-15-19-16-14-18-17-19;2-1(3)4/h17H,2-16H2,1H3;(H2,2,3,4). The molecule has 1 aliphatic heterocycles. The molecule has 0 aromatic rings. The van der Waals surface area contributed by atoms with Crippen LogP contribution in [-0.2, 0) is 0 Å². The number of rotatable bonds is 13. The van der Waals surface area contributed by atoms with E-state index in [0.29, 0.717) is 0 Å². The lowest BCUT2D eigenvalue weighted by Crippen LogP contribution is -3.09. The van der Waals surface area contributed by atoms with Gasteiger partial charge in [0.2, 0.25) is 6.16 Å². The number of hydrogen-bond donors (Lipinski definition) is 2. The van der Waals surface area contributed by atoms with Crippen LogP contribution in [0.3, 0.4) is 0 Å². The van der Waals surface area contributed by atoms with E-state index in [9.17, 15) is 0 Å². The van der Waals surface area contributed by atoms with Crippen LogP contribution in [0.4, 0.5) is 4.79 Å². The highest BCUT2D eigenvalue weighted by atomic mass is 16.6. The maximum atomic E-state index is 8.44. The van der Waals surface area contributed by atoms with Crippen LogP contribution in [0.2, 0.25) is 0 Å². The van der Waals surface area contributed by atoms with Gasteiger partial charge in [-0.15, -0.1) is 0 Å². The Hall–Kier alpha value is -1.10. The summed E-state index contributed by atoms with van der Waals surface area (Å²) in [5.74, 6) is 0. The molecule has 23 heavy (non-hydrogen) atoms. The van der Waals surface area contributed by atoms with Crippen LogP contribution >= 0.6 is 0 Å². The minimum atomic E-state index is -2.08. The third kappa shape index (κ3) is 18.9. The molecule has 1 aliphatic rings. The highest BCUT2D eigenvalue weighted by molar-refractivity contribution is 5.50.